The second kappa shape index (κ2) is 11.4. The predicted octanol–water partition coefficient (Wildman–Crippen LogP) is 5.54. The van der Waals surface area contributed by atoms with Crippen molar-refractivity contribution in [2.45, 2.75) is 0 Å². The van der Waals surface area contributed by atoms with Crippen LogP contribution < -0.4 is 24.3 Å². The molecule has 0 spiro atoms. The van der Waals surface area contributed by atoms with E-state index in [-0.39, 0.29) is 5.91 Å². The molecule has 0 heterocycles. The Morgan fingerprint density at radius 1 is 0.727 bits per heavy atom. The van der Waals surface area contributed by atoms with E-state index >= 15 is 0 Å². The maximum atomic E-state index is 12.5. The summed E-state index contributed by atoms with van der Waals surface area (Å²) in [6.45, 7) is 0. The van der Waals surface area contributed by atoms with E-state index in [4.69, 9.17) is 18.9 Å². The molecule has 1 amide bonds. The van der Waals surface area contributed by atoms with E-state index < -0.39 is 0 Å². The Labute approximate surface area is 194 Å². The minimum atomic E-state index is -0.241. The number of anilines is 1. The monoisotopic (exact) mass is 445 g/mol. The summed E-state index contributed by atoms with van der Waals surface area (Å²) >= 11 is 0. The lowest BCUT2D eigenvalue weighted by atomic mass is 10.1. The van der Waals surface area contributed by atoms with E-state index in [1.807, 2.05) is 66.7 Å². The summed E-state index contributed by atoms with van der Waals surface area (Å²) in [6, 6.07) is 18.8. The van der Waals surface area contributed by atoms with Crippen LogP contribution in [-0.2, 0) is 4.79 Å². The van der Waals surface area contributed by atoms with Crippen molar-refractivity contribution in [1.82, 2.24) is 0 Å². The fraction of sp³-hybridized carbons (Fsp3) is 0.148. The Morgan fingerprint density at radius 3 is 2.03 bits per heavy atom. The largest absolute Gasteiger partial charge is 0.497 e. The van der Waals surface area contributed by atoms with Crippen molar-refractivity contribution in [1.29, 1.82) is 0 Å². The van der Waals surface area contributed by atoms with Gasteiger partial charge in [0.15, 0.2) is 11.5 Å². The van der Waals surface area contributed by atoms with Crippen LogP contribution in [0.3, 0.4) is 0 Å². The highest BCUT2D eigenvalue weighted by atomic mass is 16.5. The number of carbonyl (C=O) groups excluding carboxylic acids is 1. The highest BCUT2D eigenvalue weighted by molar-refractivity contribution is 6.03. The Balaban J connectivity index is 1.87. The molecule has 33 heavy (non-hydrogen) atoms. The minimum absolute atomic E-state index is 0.241. The number of nitrogens with one attached hydrogen (secondary N) is 1. The Hall–Kier alpha value is -4.19. The van der Waals surface area contributed by atoms with Gasteiger partial charge in [-0.2, -0.15) is 0 Å². The van der Waals surface area contributed by atoms with Crippen molar-refractivity contribution in [2.75, 3.05) is 33.8 Å². The molecule has 0 radical (unpaired) electrons. The van der Waals surface area contributed by atoms with E-state index in [0.717, 1.165) is 16.7 Å². The SMILES string of the molecule is COc1ccc(/C=C/c2cc(OC)c(OC)c(OC)c2)c(NC(=O)/C=C/c2ccccc2)c1. The topological polar surface area (TPSA) is 66.0 Å². The molecule has 0 unspecified atom stereocenters. The van der Waals surface area contributed by atoms with Crippen molar-refractivity contribution in [3.63, 3.8) is 0 Å². The van der Waals surface area contributed by atoms with Crippen molar-refractivity contribution < 1.29 is 23.7 Å². The van der Waals surface area contributed by atoms with Crippen molar-refractivity contribution >= 4 is 29.8 Å². The molecule has 6 heteroatoms. The first-order chi connectivity index (χ1) is 16.1. The lowest BCUT2D eigenvalue weighted by Crippen LogP contribution is -2.09. The highest BCUT2D eigenvalue weighted by Crippen LogP contribution is 2.38. The first kappa shape index (κ1) is 23.5. The van der Waals surface area contributed by atoms with Crippen LogP contribution in [0.25, 0.3) is 18.2 Å². The summed E-state index contributed by atoms with van der Waals surface area (Å²) in [7, 11) is 6.30. The molecular formula is C27H27NO5. The number of amides is 1. The number of methoxy groups -OCH3 is 4. The molecule has 3 aromatic carbocycles. The molecule has 0 aliphatic carbocycles. The van der Waals surface area contributed by atoms with Crippen LogP contribution in [0.15, 0.2) is 66.7 Å². The van der Waals surface area contributed by atoms with Crippen LogP contribution in [-0.4, -0.2) is 34.3 Å². The number of hydrogen-bond donors (Lipinski definition) is 1. The fourth-order valence-electron chi connectivity index (χ4n) is 3.21. The summed E-state index contributed by atoms with van der Waals surface area (Å²) in [4.78, 5) is 12.5. The van der Waals surface area contributed by atoms with E-state index in [1.165, 1.54) is 6.08 Å². The van der Waals surface area contributed by atoms with Gasteiger partial charge >= 0.3 is 0 Å². The van der Waals surface area contributed by atoms with Crippen LogP contribution in [0, 0.1) is 0 Å². The third-order valence-corrected chi connectivity index (χ3v) is 4.89. The van der Waals surface area contributed by atoms with Gasteiger partial charge in [-0.05, 0) is 47.0 Å². The summed E-state index contributed by atoms with van der Waals surface area (Å²) in [5, 5.41) is 2.93. The van der Waals surface area contributed by atoms with Crippen LogP contribution in [0.4, 0.5) is 5.69 Å². The summed E-state index contributed by atoms with van der Waals surface area (Å²) in [5.74, 6) is 2.05. The van der Waals surface area contributed by atoms with Gasteiger partial charge in [-0.3, -0.25) is 4.79 Å². The molecular weight excluding hydrogens is 418 g/mol. The number of ether oxygens (including phenoxy) is 4. The molecule has 0 atom stereocenters. The maximum absolute atomic E-state index is 12.5. The molecule has 0 aliphatic rings. The molecule has 1 N–H and O–H groups in total. The first-order valence-electron chi connectivity index (χ1n) is 10.3. The van der Waals surface area contributed by atoms with E-state index in [1.54, 1.807) is 40.6 Å². The zero-order valence-electron chi connectivity index (χ0n) is 19.1. The fourth-order valence-corrected chi connectivity index (χ4v) is 3.21. The van der Waals surface area contributed by atoms with Gasteiger partial charge in [0, 0.05) is 12.1 Å². The average Bonchev–Trinajstić information content (AvgIpc) is 2.86. The smallest absolute Gasteiger partial charge is 0.248 e. The van der Waals surface area contributed by atoms with Gasteiger partial charge in [-0.1, -0.05) is 42.5 Å². The Bertz CT molecular complexity index is 1130. The molecule has 3 aromatic rings. The van der Waals surface area contributed by atoms with Crippen molar-refractivity contribution in [2.24, 2.45) is 0 Å². The van der Waals surface area contributed by atoms with E-state index in [2.05, 4.69) is 5.32 Å². The lowest BCUT2D eigenvalue weighted by molar-refractivity contribution is -0.111. The number of benzene rings is 3. The highest BCUT2D eigenvalue weighted by Gasteiger charge is 2.12. The lowest BCUT2D eigenvalue weighted by Gasteiger charge is -2.13. The van der Waals surface area contributed by atoms with Gasteiger partial charge in [-0.15, -0.1) is 0 Å². The van der Waals surface area contributed by atoms with Gasteiger partial charge in [0.1, 0.15) is 5.75 Å². The van der Waals surface area contributed by atoms with Crippen LogP contribution in [0.2, 0.25) is 0 Å². The molecule has 6 nitrogen and oxygen atoms in total. The molecule has 170 valence electrons. The normalized spacial score (nSPS) is 10.9. The van der Waals surface area contributed by atoms with Crippen molar-refractivity contribution in [3.05, 3.63) is 83.4 Å². The van der Waals surface area contributed by atoms with Gasteiger partial charge in [0.2, 0.25) is 11.7 Å². The molecule has 0 fully saturated rings. The predicted molar refractivity (Wildman–Crippen MR) is 132 cm³/mol. The van der Waals surface area contributed by atoms with Crippen LogP contribution in [0.5, 0.6) is 23.0 Å². The van der Waals surface area contributed by atoms with Gasteiger partial charge in [-0.25, -0.2) is 0 Å². The second-order valence-electron chi connectivity index (χ2n) is 6.98. The molecule has 0 saturated carbocycles. The molecule has 0 aromatic heterocycles. The molecule has 3 rings (SSSR count). The van der Waals surface area contributed by atoms with Gasteiger partial charge in [0.25, 0.3) is 0 Å². The Kier molecular flexibility index (Phi) is 8.13. The number of carbonyl (C=O) groups is 1. The van der Waals surface area contributed by atoms with Crippen LogP contribution in [0.1, 0.15) is 16.7 Å². The third kappa shape index (κ3) is 6.17. The zero-order chi connectivity index (χ0) is 23.6. The summed E-state index contributed by atoms with van der Waals surface area (Å²) < 4.78 is 21.5. The molecule has 0 aliphatic heterocycles. The molecule has 0 bridgehead atoms. The van der Waals surface area contributed by atoms with Gasteiger partial charge < -0.3 is 24.3 Å². The summed E-state index contributed by atoms with van der Waals surface area (Å²) in [6.07, 6.45) is 7.07. The molecule has 0 saturated heterocycles. The van der Waals surface area contributed by atoms with E-state index in [0.29, 0.717) is 28.7 Å². The Morgan fingerprint density at radius 2 is 1.42 bits per heavy atom. The maximum Gasteiger partial charge on any atom is 0.248 e. The quantitative estimate of drug-likeness (QED) is 0.346. The standard InChI is InChI=1S/C27H27NO5/c1-30-22-14-13-21(12-10-20-16-24(31-2)27(33-4)25(17-20)32-3)23(18-22)28-26(29)15-11-19-8-6-5-7-9-19/h5-18H,1-4H3,(H,28,29)/b12-10+,15-11+. The van der Waals surface area contributed by atoms with Gasteiger partial charge in [0.05, 0.1) is 34.1 Å². The minimum Gasteiger partial charge on any atom is -0.497 e. The van der Waals surface area contributed by atoms with Crippen LogP contribution >= 0.6 is 0 Å². The average molecular weight is 446 g/mol. The number of hydrogen-bond acceptors (Lipinski definition) is 5. The zero-order valence-corrected chi connectivity index (χ0v) is 19.1. The summed E-state index contributed by atoms with van der Waals surface area (Å²) in [5.41, 5.74) is 3.23. The number of rotatable bonds is 9. The first-order valence-corrected chi connectivity index (χ1v) is 10.3. The van der Waals surface area contributed by atoms with Crippen molar-refractivity contribution in [3.8, 4) is 23.0 Å². The third-order valence-electron chi connectivity index (χ3n) is 4.89. The van der Waals surface area contributed by atoms with E-state index in [9.17, 15) is 4.79 Å². The second-order valence-corrected chi connectivity index (χ2v) is 6.98.